The van der Waals surface area contributed by atoms with Crippen LogP contribution in [-0.4, -0.2) is 39.5 Å². The molecule has 0 spiro atoms. The average molecular weight is 351 g/mol. The van der Waals surface area contributed by atoms with Crippen LogP contribution in [-0.2, 0) is 13.5 Å². The third-order valence-electron chi connectivity index (χ3n) is 4.14. The van der Waals surface area contributed by atoms with Crippen LogP contribution in [0.5, 0.6) is 11.5 Å². The van der Waals surface area contributed by atoms with Crippen LogP contribution in [0.4, 0.5) is 0 Å². The number of nitrogens with zero attached hydrogens (tertiary/aromatic N) is 4. The molecule has 2 aromatic carbocycles. The van der Waals surface area contributed by atoms with Crippen molar-refractivity contribution in [1.29, 1.82) is 0 Å². The highest BCUT2D eigenvalue weighted by molar-refractivity contribution is 5.95. The number of benzene rings is 2. The fraction of sp³-hybridized carbons (Fsp3) is 0.222. The quantitative estimate of drug-likeness (QED) is 0.750. The highest BCUT2D eigenvalue weighted by Crippen LogP contribution is 2.32. The summed E-state index contributed by atoms with van der Waals surface area (Å²) in [4.78, 5) is 12.4. The fourth-order valence-corrected chi connectivity index (χ4v) is 2.79. The second-order valence-electron chi connectivity index (χ2n) is 5.90. The molecule has 0 fully saturated rings. The van der Waals surface area contributed by atoms with Crippen LogP contribution in [0.2, 0.25) is 0 Å². The van der Waals surface area contributed by atoms with Crippen LogP contribution in [0, 0.1) is 0 Å². The molecular weight excluding hydrogens is 334 g/mol. The summed E-state index contributed by atoms with van der Waals surface area (Å²) in [6.45, 7) is 0.779. The molecule has 0 unspecified atom stereocenters. The lowest BCUT2D eigenvalue weighted by atomic mass is 10.1. The van der Waals surface area contributed by atoms with Crippen LogP contribution >= 0.6 is 0 Å². The largest absolute Gasteiger partial charge is 0.454 e. The van der Waals surface area contributed by atoms with Crippen molar-refractivity contribution in [1.82, 2.24) is 25.5 Å². The minimum atomic E-state index is -0.136. The first-order valence-electron chi connectivity index (χ1n) is 8.20. The first-order chi connectivity index (χ1) is 12.7. The number of rotatable bonds is 5. The zero-order valence-corrected chi connectivity index (χ0v) is 14.2. The van der Waals surface area contributed by atoms with Gasteiger partial charge in [0.25, 0.3) is 5.91 Å². The maximum Gasteiger partial charge on any atom is 0.251 e. The number of carbonyl (C=O) groups is 1. The van der Waals surface area contributed by atoms with Gasteiger partial charge in [0.2, 0.25) is 6.79 Å². The van der Waals surface area contributed by atoms with Crippen molar-refractivity contribution in [3.05, 3.63) is 53.6 Å². The molecule has 0 saturated heterocycles. The summed E-state index contributed by atoms with van der Waals surface area (Å²) in [6.07, 6.45) is 0.704. The highest BCUT2D eigenvalue weighted by atomic mass is 16.7. The summed E-state index contributed by atoms with van der Waals surface area (Å²) in [5.41, 5.74) is 2.44. The second kappa shape index (κ2) is 6.83. The topological polar surface area (TPSA) is 91.2 Å². The van der Waals surface area contributed by atoms with Crippen LogP contribution in [0.3, 0.4) is 0 Å². The van der Waals surface area contributed by atoms with Crippen molar-refractivity contribution in [3.8, 4) is 22.9 Å². The summed E-state index contributed by atoms with van der Waals surface area (Å²) in [7, 11) is 1.76. The minimum absolute atomic E-state index is 0.136. The van der Waals surface area contributed by atoms with Crippen LogP contribution in [0.25, 0.3) is 11.4 Å². The van der Waals surface area contributed by atoms with Gasteiger partial charge >= 0.3 is 0 Å². The number of aromatic nitrogens is 4. The molecule has 0 aliphatic carbocycles. The van der Waals surface area contributed by atoms with Crippen molar-refractivity contribution in [3.63, 3.8) is 0 Å². The maximum atomic E-state index is 12.4. The van der Waals surface area contributed by atoms with Gasteiger partial charge in [-0.25, -0.2) is 4.68 Å². The molecule has 0 saturated carbocycles. The number of carbonyl (C=O) groups excluding carboxylic acids is 1. The molecule has 1 aliphatic rings. The Labute approximate surface area is 149 Å². The van der Waals surface area contributed by atoms with Crippen molar-refractivity contribution in [2.45, 2.75) is 6.42 Å². The number of hydrogen-bond acceptors (Lipinski definition) is 6. The lowest BCUT2D eigenvalue weighted by Gasteiger charge is -2.07. The first-order valence-corrected chi connectivity index (χ1v) is 8.20. The molecule has 2 heterocycles. The molecule has 4 rings (SSSR count). The lowest BCUT2D eigenvalue weighted by Crippen LogP contribution is -2.25. The normalized spacial score (nSPS) is 12.2. The predicted octanol–water partition coefficient (Wildman–Crippen LogP) is 1.58. The van der Waals surface area contributed by atoms with E-state index in [1.165, 1.54) is 0 Å². The Bertz CT molecular complexity index is 954. The van der Waals surface area contributed by atoms with Gasteiger partial charge in [-0.1, -0.05) is 18.2 Å². The number of amides is 1. The summed E-state index contributed by atoms with van der Waals surface area (Å²) >= 11 is 0. The predicted molar refractivity (Wildman–Crippen MR) is 92.8 cm³/mol. The van der Waals surface area contributed by atoms with Crippen molar-refractivity contribution >= 4 is 5.91 Å². The van der Waals surface area contributed by atoms with Gasteiger partial charge in [0.1, 0.15) is 0 Å². The molecule has 0 radical (unpaired) electrons. The van der Waals surface area contributed by atoms with Crippen molar-refractivity contribution < 1.29 is 14.3 Å². The van der Waals surface area contributed by atoms with E-state index >= 15 is 0 Å². The SMILES string of the molecule is Cn1nnnc1-c1cccc(C(=O)NCCc2ccc3c(c2)OCO3)c1. The van der Waals surface area contributed by atoms with Gasteiger partial charge in [0.05, 0.1) is 0 Å². The van der Waals surface area contributed by atoms with Gasteiger partial charge < -0.3 is 14.8 Å². The van der Waals surface area contributed by atoms with E-state index in [9.17, 15) is 4.79 Å². The van der Waals surface area contributed by atoms with Gasteiger partial charge in [-0.15, -0.1) is 5.10 Å². The number of nitrogens with one attached hydrogen (secondary N) is 1. The number of ether oxygens (including phenoxy) is 2. The monoisotopic (exact) mass is 351 g/mol. The Hall–Kier alpha value is -3.42. The summed E-state index contributed by atoms with van der Waals surface area (Å²) in [5.74, 6) is 1.98. The van der Waals surface area contributed by atoms with Gasteiger partial charge in [-0.2, -0.15) is 0 Å². The molecule has 3 aromatic rings. The third kappa shape index (κ3) is 3.21. The van der Waals surface area contributed by atoms with E-state index in [2.05, 4.69) is 20.8 Å². The molecule has 0 atom stereocenters. The molecule has 8 nitrogen and oxygen atoms in total. The smallest absolute Gasteiger partial charge is 0.251 e. The number of fused-ring (bicyclic) bond motifs is 1. The molecule has 26 heavy (non-hydrogen) atoms. The molecule has 1 N–H and O–H groups in total. The third-order valence-corrected chi connectivity index (χ3v) is 4.14. The van der Waals surface area contributed by atoms with E-state index < -0.39 is 0 Å². The van der Waals surface area contributed by atoms with Crippen LogP contribution in [0.1, 0.15) is 15.9 Å². The molecule has 8 heteroatoms. The van der Waals surface area contributed by atoms with Crippen molar-refractivity contribution in [2.24, 2.45) is 7.05 Å². The van der Waals surface area contributed by atoms with E-state index in [-0.39, 0.29) is 12.7 Å². The van der Waals surface area contributed by atoms with E-state index in [0.29, 0.717) is 24.4 Å². The van der Waals surface area contributed by atoms with Crippen molar-refractivity contribution in [2.75, 3.05) is 13.3 Å². The highest BCUT2D eigenvalue weighted by Gasteiger charge is 2.14. The van der Waals surface area contributed by atoms with Crippen LogP contribution in [0.15, 0.2) is 42.5 Å². The van der Waals surface area contributed by atoms with Gasteiger partial charge in [-0.05, 0) is 46.7 Å². The Morgan fingerprint density at radius 2 is 2.08 bits per heavy atom. The molecule has 1 aromatic heterocycles. The van der Waals surface area contributed by atoms with E-state index in [0.717, 1.165) is 22.6 Å². The number of aryl methyl sites for hydroxylation is 1. The van der Waals surface area contributed by atoms with E-state index in [1.807, 2.05) is 30.3 Å². The summed E-state index contributed by atoms with van der Waals surface area (Å²) in [6, 6.07) is 13.0. The average Bonchev–Trinajstić information content (AvgIpc) is 3.30. The first kappa shape index (κ1) is 16.1. The van der Waals surface area contributed by atoms with Crippen LogP contribution < -0.4 is 14.8 Å². The van der Waals surface area contributed by atoms with E-state index in [1.54, 1.807) is 23.9 Å². The number of hydrogen-bond donors (Lipinski definition) is 1. The maximum absolute atomic E-state index is 12.4. The van der Waals surface area contributed by atoms with Gasteiger partial charge in [-0.3, -0.25) is 4.79 Å². The number of tetrazole rings is 1. The molecular formula is C18H17N5O3. The lowest BCUT2D eigenvalue weighted by molar-refractivity contribution is 0.0954. The van der Waals surface area contributed by atoms with Gasteiger partial charge in [0, 0.05) is 24.7 Å². The standard InChI is InChI=1S/C18H17N5O3/c1-23-17(20-21-22-23)13-3-2-4-14(10-13)18(24)19-8-7-12-5-6-15-16(9-12)26-11-25-15/h2-6,9-10H,7-8,11H2,1H3,(H,19,24). The molecule has 1 aliphatic heterocycles. The molecule has 0 bridgehead atoms. The van der Waals surface area contributed by atoms with Gasteiger partial charge in [0.15, 0.2) is 17.3 Å². The second-order valence-corrected chi connectivity index (χ2v) is 5.90. The Morgan fingerprint density at radius 1 is 1.19 bits per heavy atom. The Balaban J connectivity index is 1.39. The molecule has 1 amide bonds. The minimum Gasteiger partial charge on any atom is -0.454 e. The Morgan fingerprint density at radius 3 is 2.92 bits per heavy atom. The summed E-state index contributed by atoms with van der Waals surface area (Å²) in [5, 5.41) is 14.3. The fourth-order valence-electron chi connectivity index (χ4n) is 2.79. The zero-order chi connectivity index (χ0) is 17.9. The zero-order valence-electron chi connectivity index (χ0n) is 14.2. The summed E-state index contributed by atoms with van der Waals surface area (Å²) < 4.78 is 12.2. The molecule has 132 valence electrons. The van der Waals surface area contributed by atoms with E-state index in [4.69, 9.17) is 9.47 Å². The Kier molecular flexibility index (Phi) is 4.22.